The second-order valence-electron chi connectivity index (χ2n) is 6.19. The third kappa shape index (κ3) is 6.15. The fourth-order valence-corrected chi connectivity index (χ4v) is 1.90. The van der Waals surface area contributed by atoms with Crippen LogP contribution in [0.1, 0.15) is 69.4 Å². The quantitative estimate of drug-likeness (QED) is 0.766. The van der Waals surface area contributed by atoms with Crippen molar-refractivity contribution in [2.75, 3.05) is 18.4 Å². The molecule has 0 aromatic carbocycles. The highest BCUT2D eigenvalue weighted by atomic mass is 16.1. The molecule has 21 heavy (non-hydrogen) atoms. The van der Waals surface area contributed by atoms with Crippen LogP contribution in [0.15, 0.2) is 12.1 Å². The molecule has 0 saturated carbocycles. The Kier molecular flexibility index (Phi) is 7.20. The van der Waals surface area contributed by atoms with E-state index in [0.29, 0.717) is 23.9 Å². The number of aromatic nitrogens is 1. The van der Waals surface area contributed by atoms with E-state index in [-0.39, 0.29) is 5.91 Å². The molecule has 4 nitrogen and oxygen atoms in total. The molecule has 4 heteroatoms. The number of nitrogens with zero attached hydrogens (tertiary/aromatic N) is 1. The van der Waals surface area contributed by atoms with Gasteiger partial charge in [0.05, 0.1) is 0 Å². The van der Waals surface area contributed by atoms with Gasteiger partial charge in [-0.1, -0.05) is 34.6 Å². The van der Waals surface area contributed by atoms with E-state index in [4.69, 9.17) is 0 Å². The lowest BCUT2D eigenvalue weighted by molar-refractivity contribution is 0.0952. The van der Waals surface area contributed by atoms with Gasteiger partial charge in [0, 0.05) is 24.3 Å². The largest absolute Gasteiger partial charge is 0.370 e. The Labute approximate surface area is 128 Å². The summed E-state index contributed by atoms with van der Waals surface area (Å²) in [6.07, 6.45) is 2.03. The highest BCUT2D eigenvalue weighted by Crippen LogP contribution is 2.17. The van der Waals surface area contributed by atoms with Gasteiger partial charge < -0.3 is 10.6 Å². The number of nitrogens with one attached hydrogen (secondary N) is 2. The van der Waals surface area contributed by atoms with Crippen LogP contribution < -0.4 is 10.6 Å². The van der Waals surface area contributed by atoms with E-state index < -0.39 is 0 Å². The van der Waals surface area contributed by atoms with E-state index in [9.17, 15) is 4.79 Å². The first kappa shape index (κ1) is 17.5. The van der Waals surface area contributed by atoms with Crippen molar-refractivity contribution in [3.8, 4) is 0 Å². The summed E-state index contributed by atoms with van der Waals surface area (Å²) in [6, 6.07) is 3.73. The maximum atomic E-state index is 12.3. The van der Waals surface area contributed by atoms with Gasteiger partial charge in [-0.3, -0.25) is 4.79 Å². The molecule has 1 amide bonds. The van der Waals surface area contributed by atoms with Crippen LogP contribution in [0, 0.1) is 5.92 Å². The Morgan fingerprint density at radius 1 is 1.19 bits per heavy atom. The van der Waals surface area contributed by atoms with Crippen LogP contribution in [0.3, 0.4) is 0 Å². The number of hydrogen-bond acceptors (Lipinski definition) is 3. The molecule has 1 heterocycles. The summed E-state index contributed by atoms with van der Waals surface area (Å²) in [5.41, 5.74) is 1.64. The lowest BCUT2D eigenvalue weighted by Gasteiger charge is -2.13. The fraction of sp³-hybridized carbons (Fsp3) is 0.647. The minimum Gasteiger partial charge on any atom is -0.370 e. The van der Waals surface area contributed by atoms with E-state index >= 15 is 0 Å². The molecule has 1 aromatic heterocycles. The molecule has 0 unspecified atom stereocenters. The number of anilines is 1. The second-order valence-corrected chi connectivity index (χ2v) is 6.19. The molecule has 0 atom stereocenters. The Morgan fingerprint density at radius 3 is 2.48 bits per heavy atom. The molecule has 0 fully saturated rings. The molecule has 118 valence electrons. The van der Waals surface area contributed by atoms with Gasteiger partial charge in [0.2, 0.25) is 0 Å². The lowest BCUT2D eigenvalue weighted by atomic mass is 10.1. The summed E-state index contributed by atoms with van der Waals surface area (Å²) in [5, 5.41) is 6.25. The number of carbonyl (C=O) groups excluding carboxylic acids is 1. The van der Waals surface area contributed by atoms with Gasteiger partial charge in [-0.2, -0.15) is 0 Å². The number of amides is 1. The van der Waals surface area contributed by atoms with Gasteiger partial charge in [-0.25, -0.2) is 4.98 Å². The summed E-state index contributed by atoms with van der Waals surface area (Å²) in [7, 11) is 0. The topological polar surface area (TPSA) is 54.0 Å². The molecule has 0 aliphatic carbocycles. The van der Waals surface area contributed by atoms with Crippen molar-refractivity contribution in [3.05, 3.63) is 23.4 Å². The third-order valence-corrected chi connectivity index (χ3v) is 3.26. The van der Waals surface area contributed by atoms with Gasteiger partial charge in [0.15, 0.2) is 0 Å². The van der Waals surface area contributed by atoms with Crippen LogP contribution in [-0.4, -0.2) is 24.0 Å². The summed E-state index contributed by atoms with van der Waals surface area (Å²) >= 11 is 0. The molecule has 0 aliphatic heterocycles. The SMILES string of the molecule is CCCNc1cc(C(=O)NCCC(C)C)cc(C(C)C)n1. The van der Waals surface area contributed by atoms with E-state index in [1.54, 1.807) is 0 Å². The highest BCUT2D eigenvalue weighted by Gasteiger charge is 2.11. The highest BCUT2D eigenvalue weighted by molar-refractivity contribution is 5.95. The summed E-state index contributed by atoms with van der Waals surface area (Å²) in [5.74, 6) is 1.67. The summed E-state index contributed by atoms with van der Waals surface area (Å²) < 4.78 is 0. The molecule has 0 bridgehead atoms. The van der Waals surface area contributed by atoms with Crippen LogP contribution in [0.5, 0.6) is 0 Å². The van der Waals surface area contributed by atoms with Crippen molar-refractivity contribution < 1.29 is 4.79 Å². The van der Waals surface area contributed by atoms with Gasteiger partial charge >= 0.3 is 0 Å². The molecule has 0 spiro atoms. The average molecular weight is 291 g/mol. The average Bonchev–Trinajstić information content (AvgIpc) is 2.44. The van der Waals surface area contributed by atoms with Crippen LogP contribution in [0.4, 0.5) is 5.82 Å². The van der Waals surface area contributed by atoms with Crippen LogP contribution >= 0.6 is 0 Å². The maximum Gasteiger partial charge on any atom is 0.251 e. The fourth-order valence-electron chi connectivity index (χ4n) is 1.90. The smallest absolute Gasteiger partial charge is 0.251 e. The van der Waals surface area contributed by atoms with E-state index in [1.165, 1.54) is 0 Å². The number of pyridine rings is 1. The van der Waals surface area contributed by atoms with E-state index in [2.05, 4.69) is 50.2 Å². The minimum absolute atomic E-state index is 0.0144. The molecule has 1 rings (SSSR count). The Bertz CT molecular complexity index is 455. The van der Waals surface area contributed by atoms with E-state index in [0.717, 1.165) is 30.9 Å². The van der Waals surface area contributed by atoms with E-state index in [1.807, 2.05) is 12.1 Å². The molecule has 0 aliphatic rings. The molecular formula is C17H29N3O. The van der Waals surface area contributed by atoms with Crippen molar-refractivity contribution in [1.29, 1.82) is 0 Å². The van der Waals surface area contributed by atoms with Gasteiger partial charge in [0.1, 0.15) is 5.82 Å². The monoisotopic (exact) mass is 291 g/mol. The number of rotatable bonds is 8. The lowest BCUT2D eigenvalue weighted by Crippen LogP contribution is -2.25. The van der Waals surface area contributed by atoms with Crippen LogP contribution in [0.2, 0.25) is 0 Å². The molecule has 0 radical (unpaired) electrons. The predicted molar refractivity (Wildman–Crippen MR) is 88.9 cm³/mol. The number of hydrogen-bond donors (Lipinski definition) is 2. The zero-order chi connectivity index (χ0) is 15.8. The first-order valence-electron chi connectivity index (χ1n) is 7.98. The van der Waals surface area contributed by atoms with Gasteiger partial charge in [-0.05, 0) is 36.8 Å². The first-order valence-corrected chi connectivity index (χ1v) is 7.98. The molecule has 2 N–H and O–H groups in total. The van der Waals surface area contributed by atoms with Crippen molar-refractivity contribution >= 4 is 11.7 Å². The van der Waals surface area contributed by atoms with Crippen LogP contribution in [-0.2, 0) is 0 Å². The Morgan fingerprint density at radius 2 is 1.90 bits per heavy atom. The molecular weight excluding hydrogens is 262 g/mol. The minimum atomic E-state index is -0.0144. The third-order valence-electron chi connectivity index (χ3n) is 3.26. The molecule has 1 aromatic rings. The summed E-state index contributed by atoms with van der Waals surface area (Å²) in [4.78, 5) is 16.8. The summed E-state index contributed by atoms with van der Waals surface area (Å²) in [6.45, 7) is 12.2. The molecule has 0 saturated heterocycles. The Balaban J connectivity index is 2.83. The zero-order valence-electron chi connectivity index (χ0n) is 14.0. The normalized spacial score (nSPS) is 11.0. The maximum absolute atomic E-state index is 12.3. The van der Waals surface area contributed by atoms with Crippen molar-refractivity contribution in [1.82, 2.24) is 10.3 Å². The van der Waals surface area contributed by atoms with Crippen LogP contribution in [0.25, 0.3) is 0 Å². The zero-order valence-corrected chi connectivity index (χ0v) is 14.0. The Hall–Kier alpha value is -1.58. The first-order chi connectivity index (χ1) is 9.93. The number of carbonyl (C=O) groups is 1. The van der Waals surface area contributed by atoms with Gasteiger partial charge in [-0.15, -0.1) is 0 Å². The van der Waals surface area contributed by atoms with Gasteiger partial charge in [0.25, 0.3) is 5.91 Å². The van der Waals surface area contributed by atoms with Crippen molar-refractivity contribution in [2.24, 2.45) is 5.92 Å². The predicted octanol–water partition coefficient (Wildman–Crippen LogP) is 3.80. The second kappa shape index (κ2) is 8.65. The van der Waals surface area contributed by atoms with Crippen molar-refractivity contribution in [2.45, 2.75) is 53.4 Å². The standard InChI is InChI=1S/C17H29N3O/c1-6-8-18-16-11-14(10-15(20-16)13(4)5)17(21)19-9-7-12(2)3/h10-13H,6-9H2,1-5H3,(H,18,20)(H,19,21). The van der Waals surface area contributed by atoms with Crippen molar-refractivity contribution in [3.63, 3.8) is 0 Å².